The summed E-state index contributed by atoms with van der Waals surface area (Å²) in [6.07, 6.45) is 7.15. The first-order chi connectivity index (χ1) is 12.6. The molecule has 2 aromatic heterocycles. The number of hydrogen-bond donors (Lipinski definition) is 2. The molecule has 0 aliphatic carbocycles. The lowest BCUT2D eigenvalue weighted by Crippen LogP contribution is -2.43. The highest BCUT2D eigenvalue weighted by atomic mass is 16.2. The van der Waals surface area contributed by atoms with Gasteiger partial charge in [0.05, 0.1) is 18.9 Å². The van der Waals surface area contributed by atoms with Gasteiger partial charge < -0.3 is 15.6 Å². The van der Waals surface area contributed by atoms with E-state index in [0.29, 0.717) is 12.0 Å². The van der Waals surface area contributed by atoms with Crippen LogP contribution in [0, 0.1) is 0 Å². The molecule has 26 heavy (non-hydrogen) atoms. The lowest BCUT2D eigenvalue weighted by Gasteiger charge is -2.11. The SMILES string of the molecule is N[C@@H](Cc1ccccn1)C(=O)NCC(=O)c1ccc(-n2ccnc2)cc1. The van der Waals surface area contributed by atoms with Crippen molar-refractivity contribution in [1.29, 1.82) is 0 Å². The first-order valence-electron chi connectivity index (χ1n) is 8.18. The van der Waals surface area contributed by atoms with Crippen LogP contribution in [0.2, 0.25) is 0 Å². The summed E-state index contributed by atoms with van der Waals surface area (Å²) in [5.41, 5.74) is 8.03. The number of nitrogens with zero attached hydrogens (tertiary/aromatic N) is 3. The largest absolute Gasteiger partial charge is 0.347 e. The molecule has 0 radical (unpaired) electrons. The molecule has 0 unspecified atom stereocenters. The smallest absolute Gasteiger partial charge is 0.237 e. The maximum Gasteiger partial charge on any atom is 0.237 e. The Bertz CT molecular complexity index is 861. The second-order valence-corrected chi connectivity index (χ2v) is 5.79. The van der Waals surface area contributed by atoms with Crippen LogP contribution in [0.4, 0.5) is 0 Å². The van der Waals surface area contributed by atoms with Gasteiger partial charge in [-0.25, -0.2) is 4.98 Å². The average Bonchev–Trinajstić information content (AvgIpc) is 3.21. The summed E-state index contributed by atoms with van der Waals surface area (Å²) in [6, 6.07) is 11.8. The van der Waals surface area contributed by atoms with Gasteiger partial charge in [-0.2, -0.15) is 0 Å². The third-order valence-corrected chi connectivity index (χ3v) is 3.91. The minimum atomic E-state index is -0.749. The van der Waals surface area contributed by atoms with Crippen LogP contribution in [0.25, 0.3) is 5.69 Å². The number of amides is 1. The Morgan fingerprint density at radius 2 is 1.92 bits per heavy atom. The zero-order chi connectivity index (χ0) is 18.4. The standard InChI is InChI=1S/C19H19N5O2/c20-17(11-15-3-1-2-8-22-15)19(26)23-12-18(25)14-4-6-16(7-5-14)24-10-9-21-13-24/h1-10,13,17H,11-12,20H2,(H,23,26)/t17-/m0/s1. The van der Waals surface area contributed by atoms with Crippen LogP contribution in [0.15, 0.2) is 67.4 Å². The molecule has 0 saturated carbocycles. The topological polar surface area (TPSA) is 103 Å². The van der Waals surface area contributed by atoms with E-state index in [4.69, 9.17) is 5.73 Å². The molecule has 1 aromatic carbocycles. The fraction of sp³-hybridized carbons (Fsp3) is 0.158. The van der Waals surface area contributed by atoms with Gasteiger partial charge in [0.15, 0.2) is 5.78 Å². The third-order valence-electron chi connectivity index (χ3n) is 3.91. The highest BCUT2D eigenvalue weighted by molar-refractivity contribution is 5.99. The molecule has 0 spiro atoms. The fourth-order valence-corrected chi connectivity index (χ4v) is 2.47. The minimum absolute atomic E-state index is 0.0980. The Morgan fingerprint density at radius 1 is 1.12 bits per heavy atom. The summed E-state index contributed by atoms with van der Waals surface area (Å²) in [7, 11) is 0. The highest BCUT2D eigenvalue weighted by Gasteiger charge is 2.16. The molecule has 0 aliphatic heterocycles. The number of hydrogen-bond acceptors (Lipinski definition) is 5. The van der Waals surface area contributed by atoms with Crippen LogP contribution in [0.5, 0.6) is 0 Å². The van der Waals surface area contributed by atoms with E-state index < -0.39 is 6.04 Å². The quantitative estimate of drug-likeness (QED) is 0.623. The average molecular weight is 349 g/mol. The number of Topliss-reactive ketones (excluding diaryl/α,β-unsaturated/α-hetero) is 1. The van der Waals surface area contributed by atoms with Gasteiger partial charge in [0.2, 0.25) is 5.91 Å². The summed E-state index contributed by atoms with van der Waals surface area (Å²) in [6.45, 7) is -0.0980. The van der Waals surface area contributed by atoms with Crippen LogP contribution in [-0.4, -0.2) is 38.8 Å². The normalized spacial score (nSPS) is 11.7. The maximum atomic E-state index is 12.2. The first-order valence-corrected chi connectivity index (χ1v) is 8.18. The van der Waals surface area contributed by atoms with Crippen molar-refractivity contribution in [3.05, 3.63) is 78.6 Å². The molecule has 3 aromatic rings. The number of nitrogens with one attached hydrogen (secondary N) is 1. The van der Waals surface area contributed by atoms with E-state index in [1.54, 1.807) is 43.0 Å². The number of ketones is 1. The van der Waals surface area contributed by atoms with E-state index in [9.17, 15) is 9.59 Å². The number of carbonyl (C=O) groups excluding carboxylic acids is 2. The van der Waals surface area contributed by atoms with Crippen molar-refractivity contribution < 1.29 is 9.59 Å². The van der Waals surface area contributed by atoms with Crippen molar-refractivity contribution in [3.63, 3.8) is 0 Å². The molecule has 7 heteroatoms. The number of rotatable bonds is 7. The Labute approximate surface area is 150 Å². The predicted octanol–water partition coefficient (Wildman–Crippen LogP) is 1.14. The van der Waals surface area contributed by atoms with Crippen molar-refractivity contribution >= 4 is 11.7 Å². The lowest BCUT2D eigenvalue weighted by molar-refractivity contribution is -0.122. The lowest BCUT2D eigenvalue weighted by atomic mass is 10.1. The van der Waals surface area contributed by atoms with Gasteiger partial charge >= 0.3 is 0 Å². The monoisotopic (exact) mass is 349 g/mol. The molecule has 132 valence electrons. The predicted molar refractivity (Wildman–Crippen MR) is 96.8 cm³/mol. The molecule has 3 N–H and O–H groups in total. The van der Waals surface area contributed by atoms with Gasteiger partial charge in [0.1, 0.15) is 0 Å². The molecule has 7 nitrogen and oxygen atoms in total. The Balaban J connectivity index is 1.52. The van der Waals surface area contributed by atoms with Crippen molar-refractivity contribution in [2.45, 2.75) is 12.5 Å². The third kappa shape index (κ3) is 4.40. The van der Waals surface area contributed by atoms with Crippen molar-refractivity contribution in [2.75, 3.05) is 6.54 Å². The van der Waals surface area contributed by atoms with Crippen LogP contribution >= 0.6 is 0 Å². The van der Waals surface area contributed by atoms with E-state index >= 15 is 0 Å². The van der Waals surface area contributed by atoms with Crippen LogP contribution in [0.1, 0.15) is 16.1 Å². The van der Waals surface area contributed by atoms with Gasteiger partial charge in [-0.1, -0.05) is 6.07 Å². The summed E-state index contributed by atoms with van der Waals surface area (Å²) in [5.74, 6) is -0.556. The maximum absolute atomic E-state index is 12.2. The van der Waals surface area contributed by atoms with Crippen LogP contribution in [-0.2, 0) is 11.2 Å². The molecular weight excluding hydrogens is 330 g/mol. The van der Waals surface area contributed by atoms with Crippen molar-refractivity contribution in [2.24, 2.45) is 5.73 Å². The van der Waals surface area contributed by atoms with E-state index in [0.717, 1.165) is 11.4 Å². The Morgan fingerprint density at radius 3 is 2.58 bits per heavy atom. The fourth-order valence-electron chi connectivity index (χ4n) is 2.47. The Kier molecular flexibility index (Phi) is 5.50. The summed E-state index contributed by atoms with van der Waals surface area (Å²) < 4.78 is 1.84. The van der Waals surface area contributed by atoms with E-state index in [1.807, 2.05) is 29.0 Å². The van der Waals surface area contributed by atoms with Crippen molar-refractivity contribution in [3.8, 4) is 5.69 Å². The summed E-state index contributed by atoms with van der Waals surface area (Å²) >= 11 is 0. The molecule has 0 aliphatic rings. The van der Waals surface area contributed by atoms with Gasteiger partial charge in [0, 0.05) is 42.0 Å². The second kappa shape index (κ2) is 8.17. The molecule has 1 atom stereocenters. The van der Waals surface area contributed by atoms with Gasteiger partial charge in [0.25, 0.3) is 0 Å². The van der Waals surface area contributed by atoms with Gasteiger partial charge in [-0.3, -0.25) is 14.6 Å². The number of nitrogens with two attached hydrogens (primary N) is 1. The zero-order valence-electron chi connectivity index (χ0n) is 14.1. The van der Waals surface area contributed by atoms with E-state index in [1.165, 1.54) is 0 Å². The van der Waals surface area contributed by atoms with E-state index in [-0.39, 0.29) is 18.2 Å². The molecule has 1 amide bonds. The first kappa shape index (κ1) is 17.5. The molecule has 0 saturated heterocycles. The molecule has 0 fully saturated rings. The van der Waals surface area contributed by atoms with Gasteiger partial charge in [-0.15, -0.1) is 0 Å². The highest BCUT2D eigenvalue weighted by Crippen LogP contribution is 2.09. The minimum Gasteiger partial charge on any atom is -0.347 e. The number of imidazole rings is 1. The van der Waals surface area contributed by atoms with Crippen LogP contribution in [0.3, 0.4) is 0 Å². The summed E-state index contributed by atoms with van der Waals surface area (Å²) in [5, 5.41) is 2.59. The number of aromatic nitrogens is 3. The summed E-state index contributed by atoms with van der Waals surface area (Å²) in [4.78, 5) is 32.4. The molecule has 2 heterocycles. The van der Waals surface area contributed by atoms with Gasteiger partial charge in [-0.05, 0) is 36.4 Å². The molecule has 0 bridgehead atoms. The molecular formula is C19H19N5O2. The number of benzene rings is 1. The molecule has 3 rings (SSSR count). The zero-order valence-corrected chi connectivity index (χ0v) is 14.1. The second-order valence-electron chi connectivity index (χ2n) is 5.79. The number of pyridine rings is 1. The Hall–Kier alpha value is -3.32. The van der Waals surface area contributed by atoms with Crippen molar-refractivity contribution in [1.82, 2.24) is 19.9 Å². The number of carbonyl (C=O) groups is 2. The van der Waals surface area contributed by atoms with E-state index in [2.05, 4.69) is 15.3 Å². The van der Waals surface area contributed by atoms with Crippen LogP contribution < -0.4 is 11.1 Å².